The van der Waals surface area contributed by atoms with Crippen molar-refractivity contribution < 1.29 is 9.21 Å². The fourth-order valence-electron chi connectivity index (χ4n) is 2.39. The van der Waals surface area contributed by atoms with Crippen LogP contribution in [0.5, 0.6) is 0 Å². The molecule has 104 valence electrons. The van der Waals surface area contributed by atoms with Gasteiger partial charge < -0.3 is 15.1 Å². The van der Waals surface area contributed by atoms with E-state index in [9.17, 15) is 4.79 Å². The first-order valence-electron chi connectivity index (χ1n) is 6.91. The van der Waals surface area contributed by atoms with Crippen LogP contribution in [-0.4, -0.2) is 19.0 Å². The van der Waals surface area contributed by atoms with E-state index in [0.29, 0.717) is 12.3 Å². The first-order chi connectivity index (χ1) is 9.83. The van der Waals surface area contributed by atoms with E-state index in [2.05, 4.69) is 10.6 Å². The molecular weight excluding hydrogens is 252 g/mol. The van der Waals surface area contributed by atoms with Crippen LogP contribution in [0.1, 0.15) is 23.8 Å². The molecule has 2 heterocycles. The van der Waals surface area contributed by atoms with Crippen LogP contribution in [-0.2, 0) is 4.79 Å². The summed E-state index contributed by atoms with van der Waals surface area (Å²) in [6.45, 7) is 1.87. The number of amides is 1. The molecule has 1 saturated heterocycles. The minimum atomic E-state index is -0.216. The van der Waals surface area contributed by atoms with E-state index in [-0.39, 0.29) is 11.9 Å². The second-order valence-corrected chi connectivity index (χ2v) is 5.16. The Morgan fingerprint density at radius 3 is 2.65 bits per heavy atom. The molecule has 1 unspecified atom stereocenters. The van der Waals surface area contributed by atoms with Crippen molar-refractivity contribution in [3.05, 3.63) is 60.1 Å². The van der Waals surface area contributed by atoms with E-state index in [0.717, 1.165) is 24.4 Å². The van der Waals surface area contributed by atoms with Crippen LogP contribution in [0.15, 0.2) is 53.1 Å². The number of hydrogen-bond acceptors (Lipinski definition) is 3. The van der Waals surface area contributed by atoms with Gasteiger partial charge in [-0.15, -0.1) is 0 Å². The Balaban J connectivity index is 1.74. The molecule has 0 bridgehead atoms. The Labute approximate surface area is 118 Å². The minimum absolute atomic E-state index is 0.0711. The quantitative estimate of drug-likeness (QED) is 0.874. The number of hydrogen-bond donors (Lipinski definition) is 2. The highest BCUT2D eigenvalue weighted by Crippen LogP contribution is 2.23. The summed E-state index contributed by atoms with van der Waals surface area (Å²) in [6.07, 6.45) is 2.20. The maximum atomic E-state index is 12.1. The van der Waals surface area contributed by atoms with Gasteiger partial charge in [-0.2, -0.15) is 0 Å². The van der Waals surface area contributed by atoms with Crippen LogP contribution >= 0.6 is 0 Å². The van der Waals surface area contributed by atoms with Crippen molar-refractivity contribution in [2.24, 2.45) is 5.92 Å². The van der Waals surface area contributed by atoms with Gasteiger partial charge in [-0.1, -0.05) is 30.3 Å². The van der Waals surface area contributed by atoms with Gasteiger partial charge >= 0.3 is 0 Å². The molecule has 1 aromatic carbocycles. The number of carbonyl (C=O) groups is 1. The molecule has 20 heavy (non-hydrogen) atoms. The lowest BCUT2D eigenvalue weighted by Gasteiger charge is -2.27. The fourth-order valence-corrected chi connectivity index (χ4v) is 2.39. The Bertz CT molecular complexity index is 547. The van der Waals surface area contributed by atoms with E-state index >= 15 is 0 Å². The van der Waals surface area contributed by atoms with E-state index < -0.39 is 0 Å². The molecule has 4 nitrogen and oxygen atoms in total. The minimum Gasteiger partial charge on any atom is -0.467 e. The van der Waals surface area contributed by atoms with Crippen molar-refractivity contribution in [2.45, 2.75) is 12.5 Å². The molecule has 3 rings (SSSR count). The molecule has 2 N–H and O–H groups in total. The number of furan rings is 1. The van der Waals surface area contributed by atoms with Crippen LogP contribution in [0.2, 0.25) is 0 Å². The largest absolute Gasteiger partial charge is 0.467 e. The second-order valence-electron chi connectivity index (χ2n) is 5.16. The summed E-state index contributed by atoms with van der Waals surface area (Å²) in [4.78, 5) is 12.1. The monoisotopic (exact) mass is 270 g/mol. The van der Waals surface area contributed by atoms with Crippen molar-refractivity contribution in [1.82, 2.24) is 10.6 Å². The van der Waals surface area contributed by atoms with Crippen LogP contribution in [0.3, 0.4) is 0 Å². The van der Waals surface area contributed by atoms with Crippen LogP contribution in [0.25, 0.3) is 0 Å². The normalized spacial score (nSPS) is 16.4. The number of carbonyl (C=O) groups excluding carboxylic acids is 1. The maximum absolute atomic E-state index is 12.1. The summed E-state index contributed by atoms with van der Waals surface area (Å²) in [6, 6.07) is 13.4. The molecule has 1 amide bonds. The summed E-state index contributed by atoms with van der Waals surface area (Å²) in [5.74, 6) is 1.29. The molecule has 1 atom stereocenters. The average molecular weight is 270 g/mol. The third kappa shape index (κ3) is 2.91. The number of nitrogens with one attached hydrogen (secondary N) is 2. The smallest absolute Gasteiger partial charge is 0.221 e. The first-order valence-corrected chi connectivity index (χ1v) is 6.91. The zero-order valence-electron chi connectivity index (χ0n) is 11.2. The molecular formula is C16H18N2O2. The van der Waals surface area contributed by atoms with Gasteiger partial charge in [0.05, 0.1) is 6.26 Å². The maximum Gasteiger partial charge on any atom is 0.221 e. The standard InChI is InChI=1S/C16H18N2O2/c19-15(9-12-10-17-11-12)18-16(14-7-4-8-20-14)13-5-2-1-3-6-13/h1-8,12,16-17H,9-11H2,(H,18,19). The number of benzene rings is 1. The van der Waals surface area contributed by atoms with Crippen molar-refractivity contribution >= 4 is 5.91 Å². The van der Waals surface area contributed by atoms with Crippen molar-refractivity contribution in [1.29, 1.82) is 0 Å². The van der Waals surface area contributed by atoms with E-state index in [1.165, 1.54) is 0 Å². The molecule has 0 radical (unpaired) electrons. The van der Waals surface area contributed by atoms with Gasteiger partial charge in [0.1, 0.15) is 11.8 Å². The van der Waals surface area contributed by atoms with Gasteiger partial charge in [-0.05, 0) is 36.7 Å². The van der Waals surface area contributed by atoms with Crippen molar-refractivity contribution in [3.8, 4) is 0 Å². The Kier molecular flexibility index (Phi) is 3.83. The predicted octanol–water partition coefficient (Wildman–Crippen LogP) is 2.09. The van der Waals surface area contributed by atoms with Gasteiger partial charge in [0.2, 0.25) is 5.91 Å². The third-order valence-corrected chi connectivity index (χ3v) is 3.61. The Morgan fingerprint density at radius 1 is 1.25 bits per heavy atom. The predicted molar refractivity (Wildman–Crippen MR) is 76.1 cm³/mol. The van der Waals surface area contributed by atoms with E-state index in [4.69, 9.17) is 4.42 Å². The third-order valence-electron chi connectivity index (χ3n) is 3.61. The molecule has 4 heteroatoms. The second kappa shape index (κ2) is 5.92. The molecule has 0 saturated carbocycles. The Hall–Kier alpha value is -2.07. The van der Waals surface area contributed by atoms with E-state index in [1.54, 1.807) is 6.26 Å². The van der Waals surface area contributed by atoms with E-state index in [1.807, 2.05) is 42.5 Å². The fraction of sp³-hybridized carbons (Fsp3) is 0.312. The summed E-state index contributed by atoms with van der Waals surface area (Å²) < 4.78 is 5.47. The first kappa shape index (κ1) is 12.9. The molecule has 1 aliphatic rings. The molecule has 1 fully saturated rings. The van der Waals surface area contributed by atoms with Crippen molar-refractivity contribution in [3.63, 3.8) is 0 Å². The SMILES string of the molecule is O=C(CC1CNC1)NC(c1ccccc1)c1ccco1. The highest BCUT2D eigenvalue weighted by Gasteiger charge is 2.24. The highest BCUT2D eigenvalue weighted by molar-refractivity contribution is 5.77. The molecule has 1 aromatic heterocycles. The Morgan fingerprint density at radius 2 is 2.05 bits per heavy atom. The van der Waals surface area contributed by atoms with Crippen LogP contribution in [0, 0.1) is 5.92 Å². The highest BCUT2D eigenvalue weighted by atomic mass is 16.3. The molecule has 0 spiro atoms. The van der Waals surface area contributed by atoms with Gasteiger partial charge in [0.15, 0.2) is 0 Å². The summed E-state index contributed by atoms with van der Waals surface area (Å²) in [5, 5.41) is 6.25. The van der Waals surface area contributed by atoms with Crippen LogP contribution < -0.4 is 10.6 Å². The lowest BCUT2D eigenvalue weighted by molar-refractivity contribution is -0.123. The zero-order valence-corrected chi connectivity index (χ0v) is 11.2. The number of rotatable bonds is 5. The summed E-state index contributed by atoms with van der Waals surface area (Å²) in [7, 11) is 0. The molecule has 2 aromatic rings. The summed E-state index contributed by atoms with van der Waals surface area (Å²) >= 11 is 0. The molecule has 0 aliphatic carbocycles. The van der Waals surface area contributed by atoms with Gasteiger partial charge in [0.25, 0.3) is 0 Å². The lowest BCUT2D eigenvalue weighted by atomic mass is 9.98. The summed E-state index contributed by atoms with van der Waals surface area (Å²) in [5.41, 5.74) is 1.03. The average Bonchev–Trinajstić information content (AvgIpc) is 2.95. The van der Waals surface area contributed by atoms with Gasteiger partial charge in [-0.3, -0.25) is 4.79 Å². The lowest BCUT2D eigenvalue weighted by Crippen LogP contribution is -2.45. The zero-order chi connectivity index (χ0) is 13.8. The topological polar surface area (TPSA) is 54.3 Å². The van der Waals surface area contributed by atoms with Crippen LogP contribution in [0.4, 0.5) is 0 Å². The van der Waals surface area contributed by atoms with Crippen molar-refractivity contribution in [2.75, 3.05) is 13.1 Å². The molecule has 1 aliphatic heterocycles. The van der Waals surface area contributed by atoms with Gasteiger partial charge in [0, 0.05) is 6.42 Å². The van der Waals surface area contributed by atoms with Gasteiger partial charge in [-0.25, -0.2) is 0 Å².